The summed E-state index contributed by atoms with van der Waals surface area (Å²) in [6, 6.07) is 9.78. The van der Waals surface area contributed by atoms with Crippen LogP contribution < -0.4 is 4.74 Å². The van der Waals surface area contributed by atoms with Crippen molar-refractivity contribution in [3.05, 3.63) is 30.3 Å². The molecule has 2 aliphatic heterocycles. The molecule has 1 aromatic rings. The standard InChI is InChI=1S/C17H24O3S/c18-17(10-5-11-20-14-6-2-1-3-7-14)12-15-8-4-9-16(13-17)21(15)19/h1-3,6-7,15-16,18H,4-5,8-13H2. The molecular formula is C17H24O3S. The van der Waals surface area contributed by atoms with E-state index in [-0.39, 0.29) is 10.5 Å². The van der Waals surface area contributed by atoms with E-state index in [0.29, 0.717) is 19.4 Å². The van der Waals surface area contributed by atoms with Crippen LogP contribution in [0.4, 0.5) is 0 Å². The molecule has 0 spiro atoms. The van der Waals surface area contributed by atoms with Crippen LogP contribution in [0.5, 0.6) is 5.75 Å². The molecular weight excluding hydrogens is 284 g/mol. The Balaban J connectivity index is 1.47. The van der Waals surface area contributed by atoms with Gasteiger partial charge in [0.1, 0.15) is 5.75 Å². The van der Waals surface area contributed by atoms with Crippen LogP contribution >= 0.6 is 0 Å². The normalized spacial score (nSPS) is 35.4. The molecule has 2 saturated heterocycles. The summed E-state index contributed by atoms with van der Waals surface area (Å²) in [5, 5.41) is 11.2. The maximum atomic E-state index is 12.2. The van der Waals surface area contributed by atoms with E-state index < -0.39 is 16.4 Å². The van der Waals surface area contributed by atoms with E-state index in [1.807, 2.05) is 30.3 Å². The van der Waals surface area contributed by atoms with Crippen molar-refractivity contribution in [3.8, 4) is 5.75 Å². The summed E-state index contributed by atoms with van der Waals surface area (Å²) in [6.45, 7) is 0.630. The van der Waals surface area contributed by atoms with E-state index in [9.17, 15) is 9.32 Å². The van der Waals surface area contributed by atoms with Crippen molar-refractivity contribution in [2.24, 2.45) is 0 Å². The van der Waals surface area contributed by atoms with E-state index in [1.165, 1.54) is 6.42 Å². The van der Waals surface area contributed by atoms with Gasteiger partial charge in [0, 0.05) is 21.3 Å². The quantitative estimate of drug-likeness (QED) is 0.851. The first kappa shape index (κ1) is 15.0. The summed E-state index contributed by atoms with van der Waals surface area (Å²) in [6.07, 6.45) is 6.23. The highest BCUT2D eigenvalue weighted by molar-refractivity contribution is 7.86. The topological polar surface area (TPSA) is 46.5 Å². The third-order valence-electron chi connectivity index (χ3n) is 4.72. The van der Waals surface area contributed by atoms with Crippen LogP contribution in [0, 0.1) is 0 Å². The van der Waals surface area contributed by atoms with Crippen molar-refractivity contribution in [1.29, 1.82) is 0 Å². The maximum absolute atomic E-state index is 12.2. The average Bonchev–Trinajstić information content (AvgIpc) is 2.47. The van der Waals surface area contributed by atoms with Crippen molar-refractivity contribution in [2.45, 2.75) is 61.0 Å². The van der Waals surface area contributed by atoms with Gasteiger partial charge in [0.25, 0.3) is 0 Å². The summed E-state index contributed by atoms with van der Waals surface area (Å²) >= 11 is 0. The highest BCUT2D eigenvalue weighted by Crippen LogP contribution is 2.41. The molecule has 2 aliphatic rings. The first-order valence-electron chi connectivity index (χ1n) is 7.96. The number of benzene rings is 1. The molecule has 2 atom stereocenters. The monoisotopic (exact) mass is 308 g/mol. The predicted octanol–water partition coefficient (Wildman–Crippen LogP) is 3.04. The zero-order valence-electron chi connectivity index (χ0n) is 12.4. The number of aliphatic hydroxyl groups is 1. The van der Waals surface area contributed by atoms with E-state index in [2.05, 4.69) is 0 Å². The lowest BCUT2D eigenvalue weighted by Crippen LogP contribution is -2.49. The van der Waals surface area contributed by atoms with E-state index in [4.69, 9.17) is 4.74 Å². The number of ether oxygens (including phenoxy) is 1. The first-order valence-corrected chi connectivity index (χ1v) is 9.23. The zero-order chi connectivity index (χ0) is 14.7. The molecule has 3 nitrogen and oxygen atoms in total. The van der Waals surface area contributed by atoms with Crippen LogP contribution in [-0.4, -0.2) is 32.0 Å². The molecule has 0 aromatic heterocycles. The van der Waals surface area contributed by atoms with E-state index >= 15 is 0 Å². The predicted molar refractivity (Wildman–Crippen MR) is 84.9 cm³/mol. The van der Waals surface area contributed by atoms with E-state index in [1.54, 1.807) is 0 Å². The lowest BCUT2D eigenvalue weighted by Gasteiger charge is -2.43. The molecule has 0 radical (unpaired) electrons. The van der Waals surface area contributed by atoms with Crippen molar-refractivity contribution in [3.63, 3.8) is 0 Å². The number of hydrogen-bond donors (Lipinski definition) is 1. The van der Waals surface area contributed by atoms with Gasteiger partial charge in [-0.05, 0) is 50.7 Å². The van der Waals surface area contributed by atoms with E-state index in [0.717, 1.165) is 31.4 Å². The summed E-state index contributed by atoms with van der Waals surface area (Å²) in [7, 11) is -0.711. The second-order valence-electron chi connectivity index (χ2n) is 6.40. The van der Waals surface area contributed by atoms with Crippen molar-refractivity contribution < 1.29 is 14.1 Å². The molecule has 116 valence electrons. The minimum Gasteiger partial charge on any atom is -0.494 e. The molecule has 0 saturated carbocycles. The van der Waals surface area contributed by atoms with Gasteiger partial charge in [-0.25, -0.2) is 0 Å². The summed E-state index contributed by atoms with van der Waals surface area (Å²) < 4.78 is 17.9. The molecule has 4 heteroatoms. The molecule has 0 aliphatic carbocycles. The maximum Gasteiger partial charge on any atom is 0.119 e. The third-order valence-corrected chi connectivity index (χ3v) is 6.84. The van der Waals surface area contributed by atoms with Gasteiger partial charge in [0.2, 0.25) is 0 Å². The number of para-hydroxylation sites is 1. The van der Waals surface area contributed by atoms with Crippen LogP contribution in [-0.2, 0) is 10.8 Å². The smallest absolute Gasteiger partial charge is 0.119 e. The minimum absolute atomic E-state index is 0.220. The Morgan fingerprint density at radius 1 is 1.19 bits per heavy atom. The van der Waals surface area contributed by atoms with Crippen LogP contribution in [0.2, 0.25) is 0 Å². The molecule has 3 rings (SSSR count). The number of fused-ring (bicyclic) bond motifs is 2. The zero-order valence-corrected chi connectivity index (χ0v) is 13.2. The fourth-order valence-electron chi connectivity index (χ4n) is 3.69. The third kappa shape index (κ3) is 3.67. The average molecular weight is 308 g/mol. The highest BCUT2D eigenvalue weighted by Gasteiger charge is 2.44. The molecule has 0 amide bonds. The Labute approximate surface area is 129 Å². The largest absolute Gasteiger partial charge is 0.494 e. The van der Waals surface area contributed by atoms with Crippen molar-refractivity contribution >= 4 is 10.8 Å². The molecule has 2 fully saturated rings. The first-order chi connectivity index (χ1) is 10.2. The lowest BCUT2D eigenvalue weighted by atomic mass is 9.82. The summed E-state index contributed by atoms with van der Waals surface area (Å²) in [4.78, 5) is 0. The second-order valence-corrected chi connectivity index (χ2v) is 8.39. The van der Waals surface area contributed by atoms with Gasteiger partial charge in [-0.3, -0.25) is 4.21 Å². The van der Waals surface area contributed by atoms with Gasteiger partial charge in [-0.1, -0.05) is 24.6 Å². The Kier molecular flexibility index (Phi) is 4.65. The van der Waals surface area contributed by atoms with Crippen LogP contribution in [0.25, 0.3) is 0 Å². The Morgan fingerprint density at radius 3 is 2.52 bits per heavy atom. The second kappa shape index (κ2) is 6.49. The molecule has 2 unspecified atom stereocenters. The van der Waals surface area contributed by atoms with Gasteiger partial charge in [0.05, 0.1) is 12.2 Å². The Morgan fingerprint density at radius 2 is 1.86 bits per heavy atom. The summed E-state index contributed by atoms with van der Waals surface area (Å²) in [5.41, 5.74) is -0.621. The van der Waals surface area contributed by atoms with Gasteiger partial charge in [-0.2, -0.15) is 0 Å². The fourth-order valence-corrected chi connectivity index (χ4v) is 5.98. The van der Waals surface area contributed by atoms with Crippen LogP contribution in [0.3, 0.4) is 0 Å². The summed E-state index contributed by atoms with van der Waals surface area (Å²) in [5.74, 6) is 0.881. The molecule has 1 aromatic carbocycles. The van der Waals surface area contributed by atoms with Gasteiger partial charge < -0.3 is 9.84 Å². The number of hydrogen-bond acceptors (Lipinski definition) is 3. The van der Waals surface area contributed by atoms with Gasteiger partial charge >= 0.3 is 0 Å². The van der Waals surface area contributed by atoms with Crippen LogP contribution in [0.15, 0.2) is 30.3 Å². The molecule has 1 N–H and O–H groups in total. The number of rotatable bonds is 5. The molecule has 21 heavy (non-hydrogen) atoms. The van der Waals surface area contributed by atoms with Crippen LogP contribution in [0.1, 0.15) is 44.9 Å². The van der Waals surface area contributed by atoms with Gasteiger partial charge in [0.15, 0.2) is 0 Å². The molecule has 2 heterocycles. The Bertz CT molecular complexity index is 472. The minimum atomic E-state index is -0.711. The fraction of sp³-hybridized carbons (Fsp3) is 0.647. The van der Waals surface area contributed by atoms with Gasteiger partial charge in [-0.15, -0.1) is 0 Å². The molecule has 2 bridgehead atoms. The van der Waals surface area contributed by atoms with Crippen molar-refractivity contribution in [1.82, 2.24) is 0 Å². The Hall–Kier alpha value is -0.870. The SMILES string of the molecule is O=S1C2CCCC1CC(O)(CCCOc1ccccc1)C2. The lowest BCUT2D eigenvalue weighted by molar-refractivity contribution is -0.00130. The highest BCUT2D eigenvalue weighted by atomic mass is 32.2. The van der Waals surface area contributed by atoms with Crippen molar-refractivity contribution in [2.75, 3.05) is 6.61 Å².